The molecule has 2 aliphatic heterocycles. The molecule has 3 unspecified atom stereocenters. The summed E-state index contributed by atoms with van der Waals surface area (Å²) in [5.41, 5.74) is 6.96. The fraction of sp³-hybridized carbons (Fsp3) is 0.600. The van der Waals surface area contributed by atoms with Gasteiger partial charge in [0.25, 0.3) is 0 Å². The molecule has 3 atom stereocenters. The van der Waals surface area contributed by atoms with Gasteiger partial charge in [0.15, 0.2) is 0 Å². The molecule has 0 radical (unpaired) electrons. The van der Waals surface area contributed by atoms with Gasteiger partial charge in [-0.3, -0.25) is 4.90 Å². The number of ether oxygens (including phenoxy) is 2. The lowest BCUT2D eigenvalue weighted by Gasteiger charge is -2.37. The third kappa shape index (κ3) is 3.33. The van der Waals surface area contributed by atoms with Gasteiger partial charge in [-0.05, 0) is 30.5 Å². The van der Waals surface area contributed by atoms with E-state index in [1.54, 1.807) is 12.1 Å². The molecular weight excluding hydrogens is 278 g/mol. The second kappa shape index (κ2) is 6.25. The number of halogens is 2. The molecule has 2 aliphatic rings. The van der Waals surface area contributed by atoms with Gasteiger partial charge in [0.2, 0.25) is 0 Å². The summed E-state index contributed by atoms with van der Waals surface area (Å²) in [5.74, 6) is 0.173. The van der Waals surface area contributed by atoms with E-state index in [4.69, 9.17) is 10.5 Å². The summed E-state index contributed by atoms with van der Waals surface area (Å²) in [6.07, 6.45) is 2.83. The van der Waals surface area contributed by atoms with Crippen LogP contribution in [0.25, 0.3) is 0 Å². The predicted octanol–water partition coefficient (Wildman–Crippen LogP) is 2.15. The lowest BCUT2D eigenvalue weighted by atomic mass is 10.0. The van der Waals surface area contributed by atoms with Crippen molar-refractivity contribution < 1.29 is 18.3 Å². The van der Waals surface area contributed by atoms with Crippen molar-refractivity contribution in [1.82, 2.24) is 4.90 Å². The van der Waals surface area contributed by atoms with E-state index in [9.17, 15) is 8.78 Å². The average molecular weight is 298 g/mol. The van der Waals surface area contributed by atoms with Gasteiger partial charge in [-0.2, -0.15) is 8.78 Å². The molecule has 2 N–H and O–H groups in total. The Hall–Kier alpha value is -1.24. The van der Waals surface area contributed by atoms with Crippen LogP contribution in [0.15, 0.2) is 24.3 Å². The number of fused-ring (bicyclic) bond motifs is 2. The highest BCUT2D eigenvalue weighted by molar-refractivity contribution is 5.29. The molecule has 0 aliphatic carbocycles. The van der Waals surface area contributed by atoms with Crippen molar-refractivity contribution in [1.29, 1.82) is 0 Å². The van der Waals surface area contributed by atoms with Crippen molar-refractivity contribution in [2.45, 2.75) is 37.7 Å². The molecular formula is C15H20F2N2O2. The van der Waals surface area contributed by atoms with Crippen molar-refractivity contribution in [3.05, 3.63) is 29.8 Å². The molecule has 0 saturated carbocycles. The maximum atomic E-state index is 12.2. The van der Waals surface area contributed by atoms with E-state index in [1.807, 2.05) is 12.1 Å². The van der Waals surface area contributed by atoms with E-state index in [-0.39, 0.29) is 11.8 Å². The quantitative estimate of drug-likeness (QED) is 0.905. The van der Waals surface area contributed by atoms with Crippen LogP contribution >= 0.6 is 0 Å². The molecule has 1 aromatic rings. The van der Waals surface area contributed by atoms with Gasteiger partial charge in [-0.15, -0.1) is 0 Å². The van der Waals surface area contributed by atoms with Gasteiger partial charge in [0.05, 0.1) is 12.2 Å². The highest BCUT2D eigenvalue weighted by Gasteiger charge is 2.36. The fourth-order valence-corrected chi connectivity index (χ4v) is 3.27. The summed E-state index contributed by atoms with van der Waals surface area (Å²) in [4.78, 5) is 2.34. The van der Waals surface area contributed by atoms with Crippen molar-refractivity contribution in [3.8, 4) is 5.75 Å². The molecule has 0 spiro atoms. The van der Waals surface area contributed by atoms with E-state index in [2.05, 4.69) is 9.64 Å². The Morgan fingerprint density at radius 3 is 2.33 bits per heavy atom. The van der Waals surface area contributed by atoms with Gasteiger partial charge in [-0.1, -0.05) is 12.1 Å². The first-order valence-corrected chi connectivity index (χ1v) is 7.30. The third-order valence-electron chi connectivity index (χ3n) is 4.23. The Kier molecular flexibility index (Phi) is 4.37. The number of morpholine rings is 1. The molecule has 1 aromatic carbocycles. The topological polar surface area (TPSA) is 47.7 Å². The molecule has 6 heteroatoms. The normalized spacial score (nSPS) is 27.0. The number of benzene rings is 1. The molecule has 0 aromatic heterocycles. The zero-order valence-corrected chi connectivity index (χ0v) is 11.8. The lowest BCUT2D eigenvalue weighted by molar-refractivity contribution is -0.0527. The standard InChI is InChI=1S/C15H20F2N2O2/c16-15(17)21-11-3-1-10(2-4-11)14(7-18)19-8-12-5-6-13(9-19)20-12/h1-4,12-15H,5-9,18H2. The maximum absolute atomic E-state index is 12.2. The summed E-state index contributed by atoms with van der Waals surface area (Å²) >= 11 is 0. The second-order valence-corrected chi connectivity index (χ2v) is 5.61. The molecule has 2 fully saturated rings. The van der Waals surface area contributed by atoms with Crippen LogP contribution in [0, 0.1) is 0 Å². The Morgan fingerprint density at radius 1 is 1.19 bits per heavy atom. The van der Waals surface area contributed by atoms with Gasteiger partial charge in [0, 0.05) is 25.7 Å². The SMILES string of the molecule is NCC(c1ccc(OC(F)F)cc1)N1CC2CCC(C1)O2. The van der Waals surface area contributed by atoms with Gasteiger partial charge in [0.1, 0.15) is 5.75 Å². The van der Waals surface area contributed by atoms with E-state index in [0.29, 0.717) is 18.8 Å². The smallest absolute Gasteiger partial charge is 0.387 e. The van der Waals surface area contributed by atoms with Crippen molar-refractivity contribution in [2.24, 2.45) is 5.73 Å². The van der Waals surface area contributed by atoms with Crippen LogP contribution in [-0.4, -0.2) is 43.4 Å². The van der Waals surface area contributed by atoms with Crippen LogP contribution in [0.3, 0.4) is 0 Å². The highest BCUT2D eigenvalue weighted by atomic mass is 19.3. The summed E-state index contributed by atoms with van der Waals surface area (Å²) in [5, 5.41) is 0. The maximum Gasteiger partial charge on any atom is 0.387 e. The number of nitrogens with two attached hydrogens (primary N) is 1. The summed E-state index contributed by atoms with van der Waals surface area (Å²) in [6, 6.07) is 6.86. The monoisotopic (exact) mass is 298 g/mol. The van der Waals surface area contributed by atoms with E-state index < -0.39 is 6.61 Å². The average Bonchev–Trinajstić information content (AvgIpc) is 2.80. The number of nitrogens with zero attached hydrogens (tertiary/aromatic N) is 1. The van der Waals surface area contributed by atoms with Crippen LogP contribution in [0.4, 0.5) is 8.78 Å². The largest absolute Gasteiger partial charge is 0.435 e. The summed E-state index contributed by atoms with van der Waals surface area (Å²) in [7, 11) is 0. The zero-order valence-electron chi connectivity index (χ0n) is 11.8. The molecule has 4 nitrogen and oxygen atoms in total. The number of alkyl halides is 2. The first-order chi connectivity index (χ1) is 10.2. The van der Waals surface area contributed by atoms with E-state index >= 15 is 0 Å². The van der Waals surface area contributed by atoms with Crippen molar-refractivity contribution in [2.75, 3.05) is 19.6 Å². The highest BCUT2D eigenvalue weighted by Crippen LogP contribution is 2.32. The van der Waals surface area contributed by atoms with Crippen LogP contribution in [0.2, 0.25) is 0 Å². The molecule has 3 rings (SSSR count). The first kappa shape index (κ1) is 14.7. The fourth-order valence-electron chi connectivity index (χ4n) is 3.27. The molecule has 2 saturated heterocycles. The minimum Gasteiger partial charge on any atom is -0.435 e. The van der Waals surface area contributed by atoms with Crippen LogP contribution < -0.4 is 10.5 Å². The Balaban J connectivity index is 1.70. The number of rotatable bonds is 5. The van der Waals surface area contributed by atoms with Gasteiger partial charge >= 0.3 is 6.61 Å². The van der Waals surface area contributed by atoms with Gasteiger partial charge < -0.3 is 15.2 Å². The molecule has 116 valence electrons. The number of likely N-dealkylation sites (tertiary alicyclic amines) is 1. The second-order valence-electron chi connectivity index (χ2n) is 5.61. The van der Waals surface area contributed by atoms with Crippen molar-refractivity contribution in [3.63, 3.8) is 0 Å². The van der Waals surface area contributed by atoms with Crippen LogP contribution in [0.5, 0.6) is 5.75 Å². The lowest BCUT2D eigenvalue weighted by Crippen LogP contribution is -2.46. The predicted molar refractivity (Wildman–Crippen MR) is 74.3 cm³/mol. The number of hydrogen-bond donors (Lipinski definition) is 1. The minimum atomic E-state index is -2.80. The summed E-state index contributed by atoms with van der Waals surface area (Å²) in [6.45, 7) is -0.536. The van der Waals surface area contributed by atoms with Crippen LogP contribution in [0.1, 0.15) is 24.4 Å². The van der Waals surface area contributed by atoms with Crippen LogP contribution in [-0.2, 0) is 4.74 Å². The zero-order chi connectivity index (χ0) is 14.8. The molecule has 21 heavy (non-hydrogen) atoms. The molecule has 2 bridgehead atoms. The molecule has 2 heterocycles. The molecule has 0 amide bonds. The Bertz CT molecular complexity index is 457. The number of hydrogen-bond acceptors (Lipinski definition) is 4. The minimum absolute atomic E-state index is 0.0950. The Labute approximate surface area is 122 Å². The summed E-state index contributed by atoms with van der Waals surface area (Å²) < 4.78 is 34.5. The van der Waals surface area contributed by atoms with E-state index in [1.165, 1.54) is 0 Å². The first-order valence-electron chi connectivity index (χ1n) is 7.30. The van der Waals surface area contributed by atoms with E-state index in [0.717, 1.165) is 31.5 Å². The van der Waals surface area contributed by atoms with Gasteiger partial charge in [-0.25, -0.2) is 0 Å². The Morgan fingerprint density at radius 2 is 1.81 bits per heavy atom. The van der Waals surface area contributed by atoms with Crippen molar-refractivity contribution >= 4 is 0 Å². The third-order valence-corrected chi connectivity index (χ3v) is 4.23.